The van der Waals surface area contributed by atoms with Crippen LogP contribution in [0.4, 0.5) is 24.5 Å². The Morgan fingerprint density at radius 3 is 2.09 bits per heavy atom. The Hall–Kier alpha value is -3.49. The molecule has 0 aliphatic carbocycles. The Bertz CT molecular complexity index is 1260. The van der Waals surface area contributed by atoms with Crippen molar-refractivity contribution in [2.75, 3.05) is 10.2 Å². The molecule has 0 saturated heterocycles. The van der Waals surface area contributed by atoms with Gasteiger partial charge in [0.2, 0.25) is 0 Å². The number of ether oxygens (including phenoxy) is 1. The molecule has 2 amide bonds. The lowest BCUT2D eigenvalue weighted by molar-refractivity contribution is -0.137. The first kappa shape index (κ1) is 22.7. The average molecular weight is 493 g/mol. The van der Waals surface area contributed by atoms with Crippen LogP contribution in [-0.4, -0.2) is 11.8 Å². The van der Waals surface area contributed by atoms with Gasteiger partial charge in [-0.15, -0.1) is 0 Å². The third-order valence-corrected chi connectivity index (χ3v) is 5.31. The van der Waals surface area contributed by atoms with Crippen molar-refractivity contribution in [1.82, 2.24) is 0 Å². The fourth-order valence-electron chi connectivity index (χ4n) is 3.07. The molecule has 0 unspecified atom stereocenters. The first-order valence-electron chi connectivity index (χ1n) is 9.40. The molecule has 168 valence electrons. The van der Waals surface area contributed by atoms with Crippen LogP contribution in [0.3, 0.4) is 0 Å². The summed E-state index contributed by atoms with van der Waals surface area (Å²) in [5.41, 5.74) is -1.36. The van der Waals surface area contributed by atoms with Crippen LogP contribution in [0.2, 0.25) is 5.02 Å². The number of hydrogen-bond acceptors (Lipinski definition) is 4. The zero-order valence-electron chi connectivity index (χ0n) is 16.5. The summed E-state index contributed by atoms with van der Waals surface area (Å²) in [6, 6.07) is 17.9. The van der Waals surface area contributed by atoms with E-state index in [-0.39, 0.29) is 10.7 Å². The van der Waals surface area contributed by atoms with Crippen LogP contribution in [0.15, 0.2) is 83.5 Å². The normalized spacial score (nSPS) is 14.2. The Morgan fingerprint density at radius 1 is 0.818 bits per heavy atom. The highest BCUT2D eigenvalue weighted by Gasteiger charge is 2.41. The third-order valence-electron chi connectivity index (χ3n) is 4.64. The summed E-state index contributed by atoms with van der Waals surface area (Å²) in [5.74, 6) is -0.766. The van der Waals surface area contributed by atoms with Crippen LogP contribution in [-0.2, 0) is 15.8 Å². The number of halogens is 5. The first-order chi connectivity index (χ1) is 15.6. The van der Waals surface area contributed by atoms with Crippen molar-refractivity contribution in [3.05, 3.63) is 94.1 Å². The molecular formula is C23H13Cl2F3N2O3. The second-order valence-electron chi connectivity index (χ2n) is 6.86. The topological polar surface area (TPSA) is 58.6 Å². The van der Waals surface area contributed by atoms with Crippen LogP contribution < -0.4 is 15.0 Å². The average Bonchev–Trinajstić information content (AvgIpc) is 2.98. The SMILES string of the molecule is O=C1C(Cl)=C(Nc2ccc(Oc3ccccc3)cc2)C(=O)N1c1cc(C(F)(F)F)ccc1Cl. The molecule has 0 spiro atoms. The summed E-state index contributed by atoms with van der Waals surface area (Å²) in [7, 11) is 0. The maximum Gasteiger partial charge on any atom is 0.416 e. The molecule has 0 fully saturated rings. The van der Waals surface area contributed by atoms with Crippen LogP contribution in [0.1, 0.15) is 5.56 Å². The van der Waals surface area contributed by atoms with Crippen molar-refractivity contribution in [1.29, 1.82) is 0 Å². The minimum Gasteiger partial charge on any atom is -0.457 e. The fraction of sp³-hybridized carbons (Fsp3) is 0.0435. The van der Waals surface area contributed by atoms with E-state index in [1.807, 2.05) is 18.2 Å². The number of imide groups is 1. The van der Waals surface area contributed by atoms with Crippen LogP contribution in [0, 0.1) is 0 Å². The highest BCUT2D eigenvalue weighted by Crippen LogP contribution is 2.39. The smallest absolute Gasteiger partial charge is 0.416 e. The number of nitrogens with zero attached hydrogens (tertiary/aromatic N) is 1. The van der Waals surface area contributed by atoms with Crippen LogP contribution in [0.5, 0.6) is 11.5 Å². The number of alkyl halides is 3. The van der Waals surface area contributed by atoms with E-state index < -0.39 is 34.3 Å². The van der Waals surface area contributed by atoms with Crippen molar-refractivity contribution < 1.29 is 27.5 Å². The number of rotatable bonds is 5. The number of carbonyl (C=O) groups excluding carboxylic acids is 2. The Morgan fingerprint density at radius 2 is 1.45 bits per heavy atom. The number of anilines is 2. The summed E-state index contributed by atoms with van der Waals surface area (Å²) >= 11 is 12.0. The van der Waals surface area contributed by atoms with E-state index >= 15 is 0 Å². The van der Waals surface area contributed by atoms with Gasteiger partial charge in [0.05, 0.1) is 16.3 Å². The molecule has 0 radical (unpaired) electrons. The Kier molecular flexibility index (Phi) is 6.05. The molecule has 1 heterocycles. The molecular weight excluding hydrogens is 480 g/mol. The molecule has 5 nitrogen and oxygen atoms in total. The predicted octanol–water partition coefficient (Wildman–Crippen LogP) is 6.59. The monoisotopic (exact) mass is 492 g/mol. The largest absolute Gasteiger partial charge is 0.457 e. The summed E-state index contributed by atoms with van der Waals surface area (Å²) in [5, 5.41) is 2.06. The van der Waals surface area contributed by atoms with Gasteiger partial charge < -0.3 is 10.1 Å². The van der Waals surface area contributed by atoms with Crippen molar-refractivity contribution in [3.8, 4) is 11.5 Å². The maximum absolute atomic E-state index is 13.1. The van der Waals surface area contributed by atoms with Gasteiger partial charge in [-0.1, -0.05) is 41.4 Å². The molecule has 0 atom stereocenters. The third kappa shape index (κ3) is 4.67. The molecule has 3 aromatic rings. The maximum atomic E-state index is 13.1. The molecule has 1 aliphatic heterocycles. The van der Waals surface area contributed by atoms with E-state index in [0.717, 1.165) is 12.1 Å². The molecule has 1 N–H and O–H groups in total. The van der Waals surface area contributed by atoms with E-state index in [1.54, 1.807) is 36.4 Å². The second kappa shape index (κ2) is 8.80. The summed E-state index contributed by atoms with van der Waals surface area (Å²) < 4.78 is 45.0. The highest BCUT2D eigenvalue weighted by atomic mass is 35.5. The van der Waals surface area contributed by atoms with Crippen molar-refractivity contribution in [3.63, 3.8) is 0 Å². The summed E-state index contributed by atoms with van der Waals surface area (Å²) in [4.78, 5) is 26.0. The highest BCUT2D eigenvalue weighted by molar-refractivity contribution is 6.53. The van der Waals surface area contributed by atoms with Gasteiger partial charge in [-0.2, -0.15) is 13.2 Å². The number of nitrogens with one attached hydrogen (secondary N) is 1. The lowest BCUT2D eigenvalue weighted by Gasteiger charge is -2.18. The molecule has 0 aromatic heterocycles. The molecule has 33 heavy (non-hydrogen) atoms. The van der Waals surface area contributed by atoms with Gasteiger partial charge >= 0.3 is 6.18 Å². The van der Waals surface area contributed by atoms with Crippen LogP contribution in [0.25, 0.3) is 0 Å². The van der Waals surface area contributed by atoms with Gasteiger partial charge in [0.1, 0.15) is 22.2 Å². The first-order valence-corrected chi connectivity index (χ1v) is 10.2. The van der Waals surface area contributed by atoms with Gasteiger partial charge in [0.25, 0.3) is 11.8 Å². The molecule has 10 heteroatoms. The van der Waals surface area contributed by atoms with Gasteiger partial charge in [0.15, 0.2) is 0 Å². The van der Waals surface area contributed by atoms with Gasteiger partial charge in [-0.3, -0.25) is 9.59 Å². The lowest BCUT2D eigenvalue weighted by Crippen LogP contribution is -2.32. The summed E-state index contributed by atoms with van der Waals surface area (Å²) in [6.07, 6.45) is -4.69. The van der Waals surface area contributed by atoms with Crippen LogP contribution >= 0.6 is 23.2 Å². The van der Waals surface area contributed by atoms with Gasteiger partial charge in [-0.05, 0) is 54.6 Å². The molecule has 4 rings (SSSR count). The van der Waals surface area contributed by atoms with Gasteiger partial charge in [0, 0.05) is 5.69 Å². The number of carbonyl (C=O) groups is 2. The van der Waals surface area contributed by atoms with Crippen molar-refractivity contribution in [2.45, 2.75) is 6.18 Å². The number of para-hydroxylation sites is 1. The lowest BCUT2D eigenvalue weighted by atomic mass is 10.2. The Labute approximate surface area is 196 Å². The number of hydrogen-bond donors (Lipinski definition) is 1. The van der Waals surface area contributed by atoms with E-state index in [9.17, 15) is 22.8 Å². The van der Waals surface area contributed by atoms with E-state index in [0.29, 0.717) is 28.2 Å². The second-order valence-corrected chi connectivity index (χ2v) is 7.65. The van der Waals surface area contributed by atoms with Gasteiger partial charge in [-0.25, -0.2) is 4.90 Å². The number of benzene rings is 3. The quantitative estimate of drug-likeness (QED) is 0.408. The predicted molar refractivity (Wildman–Crippen MR) is 118 cm³/mol. The van der Waals surface area contributed by atoms with Crippen molar-refractivity contribution in [2.24, 2.45) is 0 Å². The minimum absolute atomic E-state index is 0.210. The molecule has 1 aliphatic rings. The van der Waals surface area contributed by atoms with E-state index in [2.05, 4.69) is 5.32 Å². The van der Waals surface area contributed by atoms with E-state index in [4.69, 9.17) is 27.9 Å². The molecule has 0 bridgehead atoms. The standard InChI is InChI=1S/C23H13Cl2F3N2O3/c24-17-11-6-13(23(26,27)28)12-18(17)30-21(31)19(25)20(22(30)32)29-14-7-9-16(10-8-14)33-15-4-2-1-3-5-15/h1-12,29H. The minimum atomic E-state index is -4.69. The number of amides is 2. The van der Waals surface area contributed by atoms with Crippen molar-refractivity contribution >= 4 is 46.4 Å². The fourth-order valence-corrected chi connectivity index (χ4v) is 3.48. The zero-order valence-corrected chi connectivity index (χ0v) is 18.0. The Balaban J connectivity index is 1.55. The zero-order chi connectivity index (χ0) is 23.8. The van der Waals surface area contributed by atoms with E-state index in [1.165, 1.54) is 0 Å². The molecule has 3 aromatic carbocycles. The summed E-state index contributed by atoms with van der Waals surface area (Å²) in [6.45, 7) is 0. The molecule has 0 saturated carbocycles.